The molecule has 8 nitrogen and oxygen atoms in total. The largest absolute Gasteiger partial charge is 0.490 e. The van der Waals surface area contributed by atoms with Gasteiger partial charge in [0.2, 0.25) is 0 Å². The first-order chi connectivity index (χ1) is 14.9. The van der Waals surface area contributed by atoms with Gasteiger partial charge in [-0.25, -0.2) is 22.6 Å². The number of carboxylic acids is 1. The molecule has 3 N–H and O–H groups in total. The Bertz CT molecular complexity index is 1030. The molecule has 2 heterocycles. The van der Waals surface area contributed by atoms with E-state index in [0.29, 0.717) is 12.2 Å². The number of alkyl halides is 3. The quantitative estimate of drug-likeness (QED) is 0.501. The van der Waals surface area contributed by atoms with Gasteiger partial charge in [-0.3, -0.25) is 4.72 Å². The number of nitrogens with zero attached hydrogens (tertiary/aromatic N) is 2. The number of hydrogen-bond donors (Lipinski definition) is 3. The van der Waals surface area contributed by atoms with Crippen molar-refractivity contribution in [2.24, 2.45) is 0 Å². The Morgan fingerprint density at radius 1 is 1.44 bits per heavy atom. The van der Waals surface area contributed by atoms with Crippen LogP contribution in [0.15, 0.2) is 27.9 Å². The molecular formula is C17H19ClF4N4O4S2. The first kappa shape index (κ1) is 26.1. The maximum atomic E-state index is 14.6. The molecule has 0 aliphatic carbocycles. The highest BCUT2D eigenvalue weighted by Crippen LogP contribution is 2.33. The van der Waals surface area contributed by atoms with Gasteiger partial charge in [-0.2, -0.15) is 13.2 Å². The molecule has 2 aromatic rings. The van der Waals surface area contributed by atoms with Crippen molar-refractivity contribution in [3.8, 4) is 0 Å². The zero-order chi connectivity index (χ0) is 24.1. The number of benzene rings is 1. The van der Waals surface area contributed by atoms with Crippen LogP contribution in [0.2, 0.25) is 5.02 Å². The Morgan fingerprint density at radius 3 is 2.56 bits per heavy atom. The maximum Gasteiger partial charge on any atom is 0.490 e. The predicted octanol–water partition coefficient (Wildman–Crippen LogP) is 3.56. The normalized spacial score (nSPS) is 16.2. The summed E-state index contributed by atoms with van der Waals surface area (Å²) in [6.07, 6.45) is -4.16. The SMILES string of the molecule is CCN(c1cc(F)c(S(=O)(=O)Nc2cscn2)cc1Cl)C1CCNC1.O=C(O)C(F)(F)F. The number of rotatable bonds is 6. The summed E-state index contributed by atoms with van der Waals surface area (Å²) in [6, 6.07) is 2.56. The lowest BCUT2D eigenvalue weighted by Gasteiger charge is -2.30. The summed E-state index contributed by atoms with van der Waals surface area (Å²) < 4.78 is 73.4. The van der Waals surface area contributed by atoms with Crippen LogP contribution >= 0.6 is 22.9 Å². The van der Waals surface area contributed by atoms with Crippen molar-refractivity contribution in [3.05, 3.63) is 33.9 Å². The maximum absolute atomic E-state index is 14.6. The minimum absolute atomic E-state index is 0.150. The van der Waals surface area contributed by atoms with Crippen LogP contribution in [0.3, 0.4) is 0 Å². The summed E-state index contributed by atoms with van der Waals surface area (Å²) in [5.74, 6) is -3.45. The summed E-state index contributed by atoms with van der Waals surface area (Å²) in [5, 5.41) is 12.1. The van der Waals surface area contributed by atoms with E-state index < -0.39 is 32.9 Å². The Labute approximate surface area is 190 Å². The minimum Gasteiger partial charge on any atom is -0.475 e. The van der Waals surface area contributed by atoms with E-state index in [9.17, 15) is 26.0 Å². The molecule has 1 aliphatic heterocycles. The third-order valence-corrected chi connectivity index (χ3v) is 6.59. The van der Waals surface area contributed by atoms with Crippen molar-refractivity contribution < 1.29 is 35.9 Å². The summed E-state index contributed by atoms with van der Waals surface area (Å²) in [5.41, 5.74) is 1.99. The van der Waals surface area contributed by atoms with Crippen LogP contribution in [0.25, 0.3) is 0 Å². The number of aromatic nitrogens is 1. The predicted molar refractivity (Wildman–Crippen MR) is 112 cm³/mol. The van der Waals surface area contributed by atoms with Gasteiger partial charge in [0.05, 0.1) is 16.2 Å². The van der Waals surface area contributed by atoms with Crippen LogP contribution in [-0.2, 0) is 14.8 Å². The van der Waals surface area contributed by atoms with Gasteiger partial charge in [-0.1, -0.05) is 11.6 Å². The molecule has 32 heavy (non-hydrogen) atoms. The second-order valence-electron chi connectivity index (χ2n) is 6.45. The summed E-state index contributed by atoms with van der Waals surface area (Å²) >= 11 is 7.54. The smallest absolute Gasteiger partial charge is 0.475 e. The number of nitrogens with one attached hydrogen (secondary N) is 2. The number of aliphatic carboxylic acids is 1. The highest BCUT2D eigenvalue weighted by Gasteiger charge is 2.38. The van der Waals surface area contributed by atoms with E-state index in [1.54, 1.807) is 0 Å². The number of halogens is 5. The fourth-order valence-corrected chi connectivity index (χ4v) is 4.91. The lowest BCUT2D eigenvalue weighted by Crippen LogP contribution is -2.37. The average molecular weight is 519 g/mol. The summed E-state index contributed by atoms with van der Waals surface area (Å²) in [7, 11) is -4.10. The van der Waals surface area contributed by atoms with Gasteiger partial charge in [0, 0.05) is 30.6 Å². The number of thiazole rings is 1. The van der Waals surface area contributed by atoms with Crippen molar-refractivity contribution in [1.82, 2.24) is 10.3 Å². The monoisotopic (exact) mass is 518 g/mol. The number of sulfonamides is 1. The molecule has 1 atom stereocenters. The molecule has 1 saturated heterocycles. The average Bonchev–Trinajstić information content (AvgIpc) is 3.38. The van der Waals surface area contributed by atoms with Crippen molar-refractivity contribution in [2.75, 3.05) is 29.3 Å². The van der Waals surface area contributed by atoms with Gasteiger partial charge in [0.1, 0.15) is 10.7 Å². The fraction of sp³-hybridized carbons (Fsp3) is 0.412. The van der Waals surface area contributed by atoms with Crippen LogP contribution < -0.4 is 14.9 Å². The highest BCUT2D eigenvalue weighted by atomic mass is 35.5. The number of hydrogen-bond acceptors (Lipinski definition) is 7. The van der Waals surface area contributed by atoms with Crippen LogP contribution in [0.1, 0.15) is 13.3 Å². The molecule has 15 heteroatoms. The molecule has 0 bridgehead atoms. The molecule has 0 radical (unpaired) electrons. The Balaban J connectivity index is 0.000000451. The molecule has 1 aliphatic rings. The lowest BCUT2D eigenvalue weighted by atomic mass is 10.2. The van der Waals surface area contributed by atoms with Gasteiger partial charge in [-0.05, 0) is 26.0 Å². The zero-order valence-electron chi connectivity index (χ0n) is 16.5. The van der Waals surface area contributed by atoms with Gasteiger partial charge in [0.25, 0.3) is 10.0 Å². The van der Waals surface area contributed by atoms with E-state index in [1.165, 1.54) is 28.3 Å². The van der Waals surface area contributed by atoms with E-state index in [-0.39, 0.29) is 16.9 Å². The van der Waals surface area contributed by atoms with Crippen molar-refractivity contribution in [1.29, 1.82) is 0 Å². The van der Waals surface area contributed by atoms with E-state index >= 15 is 0 Å². The summed E-state index contributed by atoms with van der Waals surface area (Å²) in [4.78, 5) is 14.2. The number of carbonyl (C=O) groups is 1. The standard InChI is InChI=1S/C15H18ClFN4O2S2.C2HF3O2/c1-2-21(10-3-4-18-7-10)13-6-12(17)14(5-11(13)16)25(22,23)20-15-8-24-9-19-15;3-2(4,5)1(6)7/h5-6,8-10,18,20H,2-4,7H2,1H3;(H,6,7). The third-order valence-electron chi connectivity index (χ3n) is 4.33. The highest BCUT2D eigenvalue weighted by molar-refractivity contribution is 7.92. The van der Waals surface area contributed by atoms with E-state index in [2.05, 4.69) is 15.0 Å². The van der Waals surface area contributed by atoms with E-state index in [0.717, 1.165) is 25.6 Å². The van der Waals surface area contributed by atoms with Gasteiger partial charge in [0.15, 0.2) is 5.82 Å². The lowest BCUT2D eigenvalue weighted by molar-refractivity contribution is -0.192. The van der Waals surface area contributed by atoms with Crippen LogP contribution in [0, 0.1) is 5.82 Å². The second kappa shape index (κ2) is 10.6. The third kappa shape index (κ3) is 6.67. The van der Waals surface area contributed by atoms with E-state index in [1.807, 2.05) is 11.8 Å². The molecular weight excluding hydrogens is 500 g/mol. The molecule has 1 unspecified atom stereocenters. The molecule has 0 amide bonds. The number of carboxylic acid groups (broad SMARTS) is 1. The number of likely N-dealkylation sites (N-methyl/N-ethyl adjacent to an activating group) is 1. The molecule has 3 rings (SSSR count). The molecule has 0 spiro atoms. The van der Waals surface area contributed by atoms with Gasteiger partial charge in [-0.15, -0.1) is 11.3 Å². The Morgan fingerprint density at radius 2 is 2.09 bits per heavy atom. The number of anilines is 2. The molecule has 178 valence electrons. The first-order valence-electron chi connectivity index (χ1n) is 9.04. The topological polar surface area (TPSA) is 112 Å². The molecule has 1 aromatic heterocycles. The van der Waals surface area contributed by atoms with Gasteiger partial charge < -0.3 is 15.3 Å². The van der Waals surface area contributed by atoms with Gasteiger partial charge >= 0.3 is 12.1 Å². The first-order valence-corrected chi connectivity index (χ1v) is 11.8. The fourth-order valence-electron chi connectivity index (χ4n) is 2.93. The van der Waals surface area contributed by atoms with Crippen LogP contribution in [0.5, 0.6) is 0 Å². The van der Waals surface area contributed by atoms with E-state index in [4.69, 9.17) is 21.5 Å². The van der Waals surface area contributed by atoms with Crippen molar-refractivity contribution >= 4 is 50.4 Å². The van der Waals surface area contributed by atoms with Crippen molar-refractivity contribution in [2.45, 2.75) is 30.5 Å². The van der Waals surface area contributed by atoms with Crippen LogP contribution in [0.4, 0.5) is 29.1 Å². The summed E-state index contributed by atoms with van der Waals surface area (Å²) in [6.45, 7) is 4.29. The van der Waals surface area contributed by atoms with Crippen molar-refractivity contribution in [3.63, 3.8) is 0 Å². The van der Waals surface area contributed by atoms with Crippen LogP contribution in [-0.4, -0.2) is 56.3 Å². The molecule has 1 aromatic carbocycles. The second-order valence-corrected chi connectivity index (χ2v) is 9.23. The zero-order valence-corrected chi connectivity index (χ0v) is 18.9. The molecule has 1 fully saturated rings. The molecule has 0 saturated carbocycles. The Kier molecular flexibility index (Phi) is 8.67. The Hall–Kier alpha value is -2.16. The minimum atomic E-state index is -5.08.